The minimum absolute atomic E-state index is 0.183. The Hall–Kier alpha value is -2.74. The third-order valence-electron chi connectivity index (χ3n) is 3.05. The molecule has 9 heteroatoms. The lowest BCUT2D eigenvalue weighted by molar-refractivity contribution is 0.0827. The number of halogens is 1. The summed E-state index contributed by atoms with van der Waals surface area (Å²) in [6.07, 6.45) is 6.35. The monoisotopic (exact) mass is 317 g/mol. The third kappa shape index (κ3) is 2.33. The first-order valence-electron chi connectivity index (χ1n) is 6.37. The molecule has 0 unspecified atom stereocenters. The van der Waals surface area contributed by atoms with E-state index >= 15 is 0 Å². The second-order valence-corrected chi connectivity index (χ2v) is 5.07. The molecule has 0 saturated heterocycles. The molecule has 1 aromatic carbocycles. The van der Waals surface area contributed by atoms with Gasteiger partial charge in [-0.1, -0.05) is 22.0 Å². The highest BCUT2D eigenvalue weighted by atomic mass is 35.5. The lowest BCUT2D eigenvalue weighted by Crippen LogP contribution is -2.24. The molecule has 8 nitrogen and oxygen atoms in total. The molecule has 0 aliphatic carbocycles. The Kier molecular flexibility index (Phi) is 3.60. The Labute approximate surface area is 130 Å². The molecule has 22 heavy (non-hydrogen) atoms. The summed E-state index contributed by atoms with van der Waals surface area (Å²) in [5.41, 5.74) is 1.47. The van der Waals surface area contributed by atoms with Crippen molar-refractivity contribution >= 4 is 17.5 Å². The summed E-state index contributed by atoms with van der Waals surface area (Å²) in [6.45, 7) is 0. The van der Waals surface area contributed by atoms with E-state index in [1.165, 1.54) is 20.5 Å². The van der Waals surface area contributed by atoms with Gasteiger partial charge in [0, 0.05) is 14.1 Å². The van der Waals surface area contributed by atoms with E-state index in [-0.39, 0.29) is 5.91 Å². The highest BCUT2D eigenvalue weighted by Crippen LogP contribution is 2.30. The first-order chi connectivity index (χ1) is 10.6. The number of amides is 1. The maximum absolute atomic E-state index is 12.4. The van der Waals surface area contributed by atoms with Gasteiger partial charge in [-0.3, -0.25) is 4.79 Å². The smallest absolute Gasteiger partial charge is 0.255 e. The molecule has 0 radical (unpaired) electrons. The lowest BCUT2D eigenvalue weighted by atomic mass is 10.1. The minimum atomic E-state index is -0.183. The van der Waals surface area contributed by atoms with Gasteiger partial charge < -0.3 is 4.90 Å². The second-order valence-electron chi connectivity index (χ2n) is 4.69. The largest absolute Gasteiger partial charge is 0.345 e. The third-order valence-corrected chi connectivity index (χ3v) is 3.43. The van der Waals surface area contributed by atoms with Gasteiger partial charge in [0.1, 0.15) is 0 Å². The zero-order valence-corrected chi connectivity index (χ0v) is 12.6. The van der Waals surface area contributed by atoms with Crippen molar-refractivity contribution in [1.29, 1.82) is 0 Å². The molecule has 0 bridgehead atoms. The summed E-state index contributed by atoms with van der Waals surface area (Å²) in [5, 5.41) is 15.7. The van der Waals surface area contributed by atoms with Crippen LogP contribution >= 0.6 is 11.6 Å². The summed E-state index contributed by atoms with van der Waals surface area (Å²) in [4.78, 5) is 13.9. The van der Waals surface area contributed by atoms with Crippen LogP contribution in [0.5, 0.6) is 0 Å². The summed E-state index contributed by atoms with van der Waals surface area (Å²) < 4.78 is 2.98. The van der Waals surface area contributed by atoms with Crippen LogP contribution in [0.3, 0.4) is 0 Å². The van der Waals surface area contributed by atoms with Crippen molar-refractivity contribution in [2.45, 2.75) is 0 Å². The fourth-order valence-corrected chi connectivity index (χ4v) is 2.37. The topological polar surface area (TPSA) is 81.7 Å². The van der Waals surface area contributed by atoms with E-state index in [1.807, 2.05) is 0 Å². The van der Waals surface area contributed by atoms with Gasteiger partial charge in [-0.05, 0) is 12.1 Å². The zero-order valence-electron chi connectivity index (χ0n) is 11.9. The Morgan fingerprint density at radius 3 is 2.27 bits per heavy atom. The Bertz CT molecular complexity index is 796. The molecule has 0 spiro atoms. The molecule has 1 amide bonds. The zero-order chi connectivity index (χ0) is 15.7. The first kappa shape index (κ1) is 14.2. The second kappa shape index (κ2) is 5.57. The Morgan fingerprint density at radius 1 is 1.09 bits per heavy atom. The van der Waals surface area contributed by atoms with Crippen LogP contribution in [0.15, 0.2) is 36.9 Å². The predicted molar refractivity (Wildman–Crippen MR) is 79.3 cm³/mol. The maximum atomic E-state index is 12.4. The Balaban J connectivity index is 2.25. The van der Waals surface area contributed by atoms with Crippen LogP contribution in [-0.2, 0) is 0 Å². The number of carbonyl (C=O) groups excluding carboxylic acids is 1. The molecule has 2 aromatic heterocycles. The van der Waals surface area contributed by atoms with Crippen LogP contribution in [0.2, 0.25) is 5.02 Å². The van der Waals surface area contributed by atoms with Crippen LogP contribution in [0.4, 0.5) is 0 Å². The quantitative estimate of drug-likeness (QED) is 0.725. The van der Waals surface area contributed by atoms with Gasteiger partial charge in [0.25, 0.3) is 5.91 Å². The number of carbonyl (C=O) groups is 1. The standard InChI is InChI=1S/C13H12ClN7O/c1-19(2)13(22)9-3-4-10(20-7-5-15-17-20)11(14)12(9)21-8-6-16-18-21/h3-8H,1-2H3. The average molecular weight is 318 g/mol. The summed E-state index contributed by atoms with van der Waals surface area (Å²) in [6, 6.07) is 3.40. The van der Waals surface area contributed by atoms with E-state index in [0.717, 1.165) is 0 Å². The molecule has 0 fully saturated rings. The number of rotatable bonds is 3. The van der Waals surface area contributed by atoms with Crippen molar-refractivity contribution in [3.05, 3.63) is 47.5 Å². The molecule has 2 heterocycles. The van der Waals surface area contributed by atoms with E-state index < -0.39 is 0 Å². The van der Waals surface area contributed by atoms with Crippen molar-refractivity contribution in [3.8, 4) is 11.4 Å². The molecule has 0 saturated carbocycles. The van der Waals surface area contributed by atoms with Gasteiger partial charge in [0.15, 0.2) is 0 Å². The summed E-state index contributed by atoms with van der Waals surface area (Å²) in [5.74, 6) is -0.183. The lowest BCUT2D eigenvalue weighted by Gasteiger charge is -2.16. The van der Waals surface area contributed by atoms with Crippen molar-refractivity contribution in [2.24, 2.45) is 0 Å². The number of aromatic nitrogens is 6. The fraction of sp³-hybridized carbons (Fsp3) is 0.154. The molecule has 0 aliphatic rings. The van der Waals surface area contributed by atoms with Gasteiger partial charge >= 0.3 is 0 Å². The normalized spacial score (nSPS) is 10.7. The molecule has 0 atom stereocenters. The van der Waals surface area contributed by atoms with Crippen LogP contribution < -0.4 is 0 Å². The fourth-order valence-electron chi connectivity index (χ4n) is 2.03. The van der Waals surface area contributed by atoms with E-state index in [1.54, 1.807) is 44.8 Å². The van der Waals surface area contributed by atoms with Crippen LogP contribution in [0, 0.1) is 0 Å². The summed E-state index contributed by atoms with van der Waals surface area (Å²) in [7, 11) is 3.35. The van der Waals surface area contributed by atoms with Gasteiger partial charge in [-0.2, -0.15) is 0 Å². The molecule has 3 rings (SSSR count). The van der Waals surface area contributed by atoms with Gasteiger partial charge in [0.05, 0.1) is 46.7 Å². The van der Waals surface area contributed by atoms with Crippen molar-refractivity contribution in [2.75, 3.05) is 14.1 Å². The van der Waals surface area contributed by atoms with E-state index in [2.05, 4.69) is 20.6 Å². The Morgan fingerprint density at radius 2 is 1.73 bits per heavy atom. The van der Waals surface area contributed by atoms with Crippen LogP contribution in [0.25, 0.3) is 11.4 Å². The SMILES string of the molecule is CN(C)C(=O)c1ccc(-n2ccnn2)c(Cl)c1-n1ccnn1. The maximum Gasteiger partial charge on any atom is 0.255 e. The van der Waals surface area contributed by atoms with E-state index in [4.69, 9.17) is 11.6 Å². The number of hydrogen-bond donors (Lipinski definition) is 0. The molecule has 112 valence electrons. The molecule has 0 N–H and O–H groups in total. The summed E-state index contributed by atoms with van der Waals surface area (Å²) >= 11 is 6.50. The van der Waals surface area contributed by atoms with Crippen LogP contribution in [-0.4, -0.2) is 54.9 Å². The molecular weight excluding hydrogens is 306 g/mol. The molecule has 0 aliphatic heterocycles. The van der Waals surface area contributed by atoms with Crippen LogP contribution in [0.1, 0.15) is 10.4 Å². The van der Waals surface area contributed by atoms with Gasteiger partial charge in [-0.25, -0.2) is 9.36 Å². The minimum Gasteiger partial charge on any atom is -0.345 e. The molecule has 3 aromatic rings. The average Bonchev–Trinajstić information content (AvgIpc) is 3.19. The highest BCUT2D eigenvalue weighted by molar-refractivity contribution is 6.35. The first-order valence-corrected chi connectivity index (χ1v) is 6.75. The number of nitrogens with zero attached hydrogens (tertiary/aromatic N) is 7. The van der Waals surface area contributed by atoms with Crippen molar-refractivity contribution < 1.29 is 4.79 Å². The van der Waals surface area contributed by atoms with E-state index in [9.17, 15) is 4.79 Å². The number of benzene rings is 1. The number of hydrogen-bond acceptors (Lipinski definition) is 5. The van der Waals surface area contributed by atoms with Gasteiger partial charge in [-0.15, -0.1) is 10.2 Å². The molecular formula is C13H12ClN7O. The highest BCUT2D eigenvalue weighted by Gasteiger charge is 2.21. The predicted octanol–water partition coefficient (Wildman–Crippen LogP) is 1.20. The van der Waals surface area contributed by atoms with E-state index in [0.29, 0.717) is 22.0 Å². The van der Waals surface area contributed by atoms with Crippen molar-refractivity contribution in [3.63, 3.8) is 0 Å². The van der Waals surface area contributed by atoms with Crippen molar-refractivity contribution in [1.82, 2.24) is 34.9 Å². The van der Waals surface area contributed by atoms with Gasteiger partial charge in [0.2, 0.25) is 0 Å².